The number of pyridine rings is 1. The molecule has 18 heavy (non-hydrogen) atoms. The maximum absolute atomic E-state index is 11.8. The fourth-order valence-corrected chi connectivity index (χ4v) is 2.04. The molecule has 0 aliphatic carbocycles. The van der Waals surface area contributed by atoms with Crippen LogP contribution in [-0.2, 0) is 4.74 Å². The minimum Gasteiger partial charge on any atom is -0.461 e. The zero-order valence-corrected chi connectivity index (χ0v) is 12.0. The summed E-state index contributed by atoms with van der Waals surface area (Å²) in [6, 6.07) is 1.78. The molecule has 2 aromatic rings. The van der Waals surface area contributed by atoms with Gasteiger partial charge in [0.05, 0.1) is 18.3 Å². The van der Waals surface area contributed by atoms with Crippen LogP contribution < -0.4 is 0 Å². The monoisotopic (exact) mass is 310 g/mol. The molecule has 0 fully saturated rings. The van der Waals surface area contributed by atoms with E-state index in [-0.39, 0.29) is 5.97 Å². The topological polar surface area (TPSA) is 55.0 Å². The summed E-state index contributed by atoms with van der Waals surface area (Å²) in [6.45, 7) is 4.64. The van der Waals surface area contributed by atoms with Gasteiger partial charge < -0.3 is 9.72 Å². The Morgan fingerprint density at radius 1 is 1.50 bits per heavy atom. The van der Waals surface area contributed by atoms with E-state index >= 15 is 0 Å². The third kappa shape index (κ3) is 2.90. The van der Waals surface area contributed by atoms with Crippen LogP contribution in [0.3, 0.4) is 0 Å². The molecule has 0 aromatic carbocycles. The lowest BCUT2D eigenvalue weighted by atomic mass is 10.1. The first kappa shape index (κ1) is 13.1. The second-order valence-electron chi connectivity index (χ2n) is 4.58. The maximum Gasteiger partial charge on any atom is 0.354 e. The van der Waals surface area contributed by atoms with Gasteiger partial charge in [-0.3, -0.25) is 4.98 Å². The fourth-order valence-electron chi connectivity index (χ4n) is 1.59. The Morgan fingerprint density at radius 3 is 2.94 bits per heavy atom. The summed E-state index contributed by atoms with van der Waals surface area (Å²) >= 11 is 3.40. The van der Waals surface area contributed by atoms with Crippen molar-refractivity contribution in [2.75, 3.05) is 6.61 Å². The predicted octanol–water partition coefficient (Wildman–Crippen LogP) is 3.53. The minimum atomic E-state index is -0.321. The molecule has 0 unspecified atom stereocenters. The van der Waals surface area contributed by atoms with Crippen LogP contribution in [0, 0.1) is 5.92 Å². The summed E-state index contributed by atoms with van der Waals surface area (Å²) in [5.74, 6) is 0.206. The highest BCUT2D eigenvalue weighted by Gasteiger charge is 2.12. The Bertz CT molecular complexity index is 563. The number of H-pyrrole nitrogens is 1. The van der Waals surface area contributed by atoms with Crippen molar-refractivity contribution in [3.63, 3.8) is 0 Å². The molecule has 0 saturated heterocycles. The van der Waals surface area contributed by atoms with Crippen LogP contribution in [0.4, 0.5) is 0 Å². The smallest absolute Gasteiger partial charge is 0.354 e. The number of aromatic nitrogens is 2. The largest absolute Gasteiger partial charge is 0.461 e. The standard InChI is InChI=1S/C13H15BrN2O2/c1-8(2)3-4-18-13(17)11-5-9-10(14)6-15-7-12(9)16-11/h5-8,16H,3-4H2,1-2H3. The van der Waals surface area contributed by atoms with E-state index in [0.29, 0.717) is 18.2 Å². The highest BCUT2D eigenvalue weighted by atomic mass is 79.9. The summed E-state index contributed by atoms with van der Waals surface area (Å²) in [5.41, 5.74) is 1.28. The van der Waals surface area contributed by atoms with Crippen molar-refractivity contribution in [2.24, 2.45) is 5.92 Å². The van der Waals surface area contributed by atoms with Gasteiger partial charge in [0.25, 0.3) is 0 Å². The number of fused-ring (bicyclic) bond motifs is 1. The number of nitrogens with zero attached hydrogens (tertiary/aromatic N) is 1. The van der Waals surface area contributed by atoms with Crippen LogP contribution in [-0.4, -0.2) is 22.5 Å². The van der Waals surface area contributed by atoms with Gasteiger partial charge in [0, 0.05) is 16.1 Å². The number of nitrogens with one attached hydrogen (secondary N) is 1. The first-order valence-corrected chi connectivity index (χ1v) is 6.66. The van der Waals surface area contributed by atoms with E-state index in [4.69, 9.17) is 4.74 Å². The lowest BCUT2D eigenvalue weighted by Crippen LogP contribution is -2.08. The maximum atomic E-state index is 11.8. The molecule has 2 heterocycles. The number of hydrogen-bond donors (Lipinski definition) is 1. The second-order valence-corrected chi connectivity index (χ2v) is 5.44. The number of rotatable bonds is 4. The van der Waals surface area contributed by atoms with Crippen LogP contribution >= 0.6 is 15.9 Å². The summed E-state index contributed by atoms with van der Waals surface area (Å²) in [4.78, 5) is 18.9. The molecule has 96 valence electrons. The Hall–Kier alpha value is -1.36. The van der Waals surface area contributed by atoms with E-state index in [0.717, 1.165) is 21.8 Å². The van der Waals surface area contributed by atoms with Crippen molar-refractivity contribution in [1.29, 1.82) is 0 Å². The molecule has 0 radical (unpaired) electrons. The Kier molecular flexibility index (Phi) is 4.01. The summed E-state index contributed by atoms with van der Waals surface area (Å²) in [7, 11) is 0. The number of hydrogen-bond acceptors (Lipinski definition) is 3. The average molecular weight is 311 g/mol. The van der Waals surface area contributed by atoms with Crippen LogP contribution in [0.1, 0.15) is 30.8 Å². The molecular weight excluding hydrogens is 296 g/mol. The Labute approximate surface area is 114 Å². The van der Waals surface area contributed by atoms with Crippen molar-refractivity contribution in [3.05, 3.63) is 28.6 Å². The zero-order chi connectivity index (χ0) is 13.1. The van der Waals surface area contributed by atoms with Crippen LogP contribution in [0.5, 0.6) is 0 Å². The van der Waals surface area contributed by atoms with Gasteiger partial charge >= 0.3 is 5.97 Å². The number of halogens is 1. The molecule has 4 nitrogen and oxygen atoms in total. The third-order valence-electron chi connectivity index (χ3n) is 2.65. The summed E-state index contributed by atoms with van der Waals surface area (Å²) < 4.78 is 6.06. The molecule has 1 N–H and O–H groups in total. The van der Waals surface area contributed by atoms with Gasteiger partial charge in [-0.2, -0.15) is 0 Å². The first-order chi connectivity index (χ1) is 8.58. The van der Waals surface area contributed by atoms with Crippen molar-refractivity contribution >= 4 is 32.8 Å². The number of aromatic amines is 1. The Morgan fingerprint density at radius 2 is 2.28 bits per heavy atom. The molecule has 0 aliphatic heterocycles. The summed E-state index contributed by atoms with van der Waals surface area (Å²) in [6.07, 6.45) is 4.26. The second kappa shape index (κ2) is 5.52. The van der Waals surface area contributed by atoms with E-state index in [9.17, 15) is 4.79 Å². The van der Waals surface area contributed by atoms with E-state index in [1.807, 2.05) is 0 Å². The molecule has 2 aromatic heterocycles. The highest BCUT2D eigenvalue weighted by Crippen LogP contribution is 2.23. The normalized spacial score (nSPS) is 11.1. The number of carbonyl (C=O) groups excluding carboxylic acids is 1. The lowest BCUT2D eigenvalue weighted by molar-refractivity contribution is 0.0482. The van der Waals surface area contributed by atoms with E-state index in [1.165, 1.54) is 0 Å². The van der Waals surface area contributed by atoms with Crippen LogP contribution in [0.2, 0.25) is 0 Å². The average Bonchev–Trinajstić information content (AvgIpc) is 2.74. The van der Waals surface area contributed by atoms with Gasteiger partial charge in [-0.15, -0.1) is 0 Å². The number of esters is 1. The van der Waals surface area contributed by atoms with Gasteiger partial charge in [-0.25, -0.2) is 4.79 Å². The van der Waals surface area contributed by atoms with Crippen molar-refractivity contribution in [1.82, 2.24) is 9.97 Å². The SMILES string of the molecule is CC(C)CCOC(=O)c1cc2c(Br)cncc2[nH]1. The van der Waals surface area contributed by atoms with Gasteiger partial charge in [0.2, 0.25) is 0 Å². The zero-order valence-electron chi connectivity index (χ0n) is 10.4. The quantitative estimate of drug-likeness (QED) is 0.879. The number of carbonyl (C=O) groups is 1. The molecule has 0 atom stereocenters. The minimum absolute atomic E-state index is 0.321. The lowest BCUT2D eigenvalue weighted by Gasteiger charge is -2.05. The first-order valence-electron chi connectivity index (χ1n) is 5.87. The molecule has 2 rings (SSSR count). The van der Waals surface area contributed by atoms with Crippen LogP contribution in [0.15, 0.2) is 22.9 Å². The molecule has 0 aliphatic rings. The van der Waals surface area contributed by atoms with Gasteiger partial charge in [-0.05, 0) is 34.3 Å². The van der Waals surface area contributed by atoms with E-state index in [1.54, 1.807) is 18.5 Å². The van der Waals surface area contributed by atoms with E-state index < -0.39 is 0 Å². The highest BCUT2D eigenvalue weighted by molar-refractivity contribution is 9.10. The van der Waals surface area contributed by atoms with Crippen molar-refractivity contribution in [3.8, 4) is 0 Å². The summed E-state index contributed by atoms with van der Waals surface area (Å²) in [5, 5.41) is 0.931. The molecular formula is C13H15BrN2O2. The van der Waals surface area contributed by atoms with Gasteiger partial charge in [-0.1, -0.05) is 13.8 Å². The van der Waals surface area contributed by atoms with Gasteiger partial charge in [0.15, 0.2) is 0 Å². The number of ether oxygens (including phenoxy) is 1. The van der Waals surface area contributed by atoms with Crippen molar-refractivity contribution < 1.29 is 9.53 Å². The Balaban J connectivity index is 2.11. The van der Waals surface area contributed by atoms with E-state index in [2.05, 4.69) is 39.7 Å². The fraction of sp³-hybridized carbons (Fsp3) is 0.385. The molecule has 0 saturated carbocycles. The van der Waals surface area contributed by atoms with Crippen LogP contribution in [0.25, 0.3) is 10.9 Å². The third-order valence-corrected chi connectivity index (χ3v) is 3.28. The molecule has 5 heteroatoms. The molecule has 0 bridgehead atoms. The van der Waals surface area contributed by atoms with Gasteiger partial charge in [0.1, 0.15) is 5.69 Å². The van der Waals surface area contributed by atoms with Crippen molar-refractivity contribution in [2.45, 2.75) is 20.3 Å². The molecule has 0 spiro atoms. The predicted molar refractivity (Wildman–Crippen MR) is 73.5 cm³/mol. The molecule has 0 amide bonds.